The standard InChI is InChI=1S/C16H12N2O4.C2H6.H2/c1-4-18-10(20)6-8(3)12-14(18)16(22)13-11(15(12)21)7(2)5-9(19)17-13;1-2;/h4-6H,1H2,2-3H3,(H,17,19);1-2H3;1H. The zero-order chi connectivity index (χ0) is 18.2. The van der Waals surface area contributed by atoms with Crippen molar-refractivity contribution in [2.24, 2.45) is 0 Å². The van der Waals surface area contributed by atoms with E-state index >= 15 is 0 Å². The molecule has 2 aromatic rings. The third kappa shape index (κ3) is 2.36. The highest BCUT2D eigenvalue weighted by Crippen LogP contribution is 2.28. The molecular formula is C18H20N2O4. The fourth-order valence-corrected chi connectivity index (χ4v) is 2.83. The Morgan fingerprint density at radius 3 is 2.17 bits per heavy atom. The predicted molar refractivity (Wildman–Crippen MR) is 94.0 cm³/mol. The number of nitrogens with zero attached hydrogens (tertiary/aromatic N) is 1. The molecule has 0 radical (unpaired) electrons. The number of aromatic amines is 1. The number of carbonyl (C=O) groups is 2. The lowest BCUT2D eigenvalue weighted by Crippen LogP contribution is -2.34. The smallest absolute Gasteiger partial charge is 0.255 e. The van der Waals surface area contributed by atoms with Crippen LogP contribution in [-0.2, 0) is 0 Å². The molecule has 0 bridgehead atoms. The Morgan fingerprint density at radius 2 is 1.58 bits per heavy atom. The minimum atomic E-state index is -0.564. The first-order chi connectivity index (χ1) is 11.4. The van der Waals surface area contributed by atoms with Crippen LogP contribution in [0.5, 0.6) is 0 Å². The van der Waals surface area contributed by atoms with E-state index < -0.39 is 16.9 Å². The van der Waals surface area contributed by atoms with Crippen LogP contribution < -0.4 is 11.1 Å². The zero-order valence-electron chi connectivity index (χ0n) is 14.0. The Hall–Kier alpha value is -3.02. The summed E-state index contributed by atoms with van der Waals surface area (Å²) < 4.78 is 1.03. The van der Waals surface area contributed by atoms with Crippen LogP contribution in [0, 0.1) is 13.8 Å². The van der Waals surface area contributed by atoms with Gasteiger partial charge in [0.2, 0.25) is 11.3 Å². The summed E-state index contributed by atoms with van der Waals surface area (Å²) in [7, 11) is 0. The lowest BCUT2D eigenvalue weighted by Gasteiger charge is -2.22. The van der Waals surface area contributed by atoms with E-state index in [0.717, 1.165) is 4.57 Å². The number of fused-ring (bicyclic) bond motifs is 2. The van der Waals surface area contributed by atoms with E-state index in [2.05, 4.69) is 11.6 Å². The van der Waals surface area contributed by atoms with Gasteiger partial charge in [-0.2, -0.15) is 0 Å². The van der Waals surface area contributed by atoms with E-state index in [1.165, 1.54) is 18.3 Å². The molecule has 0 saturated carbocycles. The van der Waals surface area contributed by atoms with Crippen molar-refractivity contribution in [1.29, 1.82) is 0 Å². The van der Waals surface area contributed by atoms with E-state index in [-0.39, 0.29) is 29.7 Å². The Bertz CT molecular complexity index is 999. The molecule has 1 N–H and O–H groups in total. The number of aryl methyl sites for hydroxylation is 2. The highest BCUT2D eigenvalue weighted by atomic mass is 16.2. The molecule has 6 heteroatoms. The normalized spacial score (nSPS) is 12.0. The van der Waals surface area contributed by atoms with Gasteiger partial charge in [-0.05, 0) is 25.0 Å². The number of carbonyl (C=O) groups excluding carboxylic acids is 2. The van der Waals surface area contributed by atoms with Gasteiger partial charge in [0.1, 0.15) is 11.4 Å². The second-order valence-corrected chi connectivity index (χ2v) is 5.17. The van der Waals surface area contributed by atoms with Gasteiger partial charge in [-0.25, -0.2) is 0 Å². The fourth-order valence-electron chi connectivity index (χ4n) is 2.83. The van der Waals surface area contributed by atoms with Crippen LogP contribution in [0.1, 0.15) is 58.5 Å². The number of aromatic nitrogens is 2. The lowest BCUT2D eigenvalue weighted by molar-refractivity contribution is 0.0968. The van der Waals surface area contributed by atoms with Crippen molar-refractivity contribution < 1.29 is 11.0 Å². The first kappa shape index (κ1) is 17.3. The van der Waals surface area contributed by atoms with Gasteiger partial charge in [-0.3, -0.25) is 23.7 Å². The van der Waals surface area contributed by atoms with Crippen LogP contribution in [0.3, 0.4) is 0 Å². The van der Waals surface area contributed by atoms with Gasteiger partial charge in [-0.1, -0.05) is 20.4 Å². The Labute approximate surface area is 139 Å². The summed E-state index contributed by atoms with van der Waals surface area (Å²) in [5.41, 5.74) is 0.140. The van der Waals surface area contributed by atoms with Crippen molar-refractivity contribution in [2.75, 3.05) is 0 Å². The van der Waals surface area contributed by atoms with E-state index in [9.17, 15) is 19.2 Å². The molecule has 2 aromatic heterocycles. The molecule has 0 saturated heterocycles. The molecule has 1 aliphatic rings. The first-order valence-corrected chi connectivity index (χ1v) is 7.58. The molecule has 0 aromatic carbocycles. The van der Waals surface area contributed by atoms with Crippen LogP contribution >= 0.6 is 0 Å². The maximum Gasteiger partial charge on any atom is 0.255 e. The van der Waals surface area contributed by atoms with Crippen LogP contribution in [0.4, 0.5) is 0 Å². The summed E-state index contributed by atoms with van der Waals surface area (Å²) in [6.07, 6.45) is 1.19. The summed E-state index contributed by atoms with van der Waals surface area (Å²) in [4.78, 5) is 51.5. The minimum Gasteiger partial charge on any atom is -0.318 e. The molecule has 6 nitrogen and oxygen atoms in total. The molecule has 0 fully saturated rings. The van der Waals surface area contributed by atoms with Gasteiger partial charge in [0.05, 0.1) is 11.1 Å². The second-order valence-electron chi connectivity index (χ2n) is 5.17. The largest absolute Gasteiger partial charge is 0.318 e. The molecule has 1 aliphatic carbocycles. The van der Waals surface area contributed by atoms with E-state index in [1.54, 1.807) is 13.8 Å². The average molecular weight is 328 g/mol. The van der Waals surface area contributed by atoms with Crippen molar-refractivity contribution in [3.63, 3.8) is 0 Å². The molecule has 24 heavy (non-hydrogen) atoms. The SMILES string of the molecule is C=Cn1c2c(c(C)cc1=O)C(=O)c1c(C)cc(=O)[nH]c1C2=O.CC.[HH]. The van der Waals surface area contributed by atoms with Crippen LogP contribution in [0.25, 0.3) is 6.20 Å². The Kier molecular flexibility index (Phi) is 4.50. The first-order valence-electron chi connectivity index (χ1n) is 7.58. The molecule has 3 rings (SSSR count). The topological polar surface area (TPSA) is 89.0 Å². The lowest BCUT2D eigenvalue weighted by atomic mass is 9.85. The summed E-state index contributed by atoms with van der Waals surface area (Å²) >= 11 is 0. The summed E-state index contributed by atoms with van der Waals surface area (Å²) in [6.45, 7) is 10.7. The van der Waals surface area contributed by atoms with Gasteiger partial charge in [-0.15, -0.1) is 0 Å². The van der Waals surface area contributed by atoms with Crippen molar-refractivity contribution >= 4 is 17.8 Å². The average Bonchev–Trinajstić information content (AvgIpc) is 2.53. The maximum absolute atomic E-state index is 12.8. The highest BCUT2D eigenvalue weighted by molar-refractivity contribution is 6.28. The van der Waals surface area contributed by atoms with Gasteiger partial charge in [0, 0.05) is 19.8 Å². The molecule has 126 valence electrons. The van der Waals surface area contributed by atoms with Crippen LogP contribution in [0.15, 0.2) is 28.3 Å². The second kappa shape index (κ2) is 6.23. The minimum absolute atomic E-state index is 0. The predicted octanol–water partition coefficient (Wildman–Crippen LogP) is 2.30. The van der Waals surface area contributed by atoms with Crippen molar-refractivity contribution in [1.82, 2.24) is 9.55 Å². The third-order valence-corrected chi connectivity index (χ3v) is 3.77. The quantitative estimate of drug-likeness (QED) is 0.742. The number of rotatable bonds is 1. The van der Waals surface area contributed by atoms with E-state index in [0.29, 0.717) is 11.1 Å². The number of nitrogens with one attached hydrogen (secondary N) is 1. The Balaban J connectivity index is 0.00000101. The number of H-pyrrole nitrogens is 1. The van der Waals surface area contributed by atoms with Gasteiger partial charge in [0.15, 0.2) is 5.78 Å². The zero-order valence-corrected chi connectivity index (χ0v) is 14.0. The summed E-state index contributed by atoms with van der Waals surface area (Å²) in [5, 5.41) is 0. The number of hydrogen-bond acceptors (Lipinski definition) is 4. The van der Waals surface area contributed by atoms with Gasteiger partial charge >= 0.3 is 0 Å². The molecule has 0 spiro atoms. The molecule has 0 atom stereocenters. The molecule has 2 heterocycles. The monoisotopic (exact) mass is 328 g/mol. The van der Waals surface area contributed by atoms with Crippen LogP contribution in [-0.4, -0.2) is 21.1 Å². The van der Waals surface area contributed by atoms with E-state index in [4.69, 9.17) is 0 Å². The number of pyridine rings is 2. The third-order valence-electron chi connectivity index (χ3n) is 3.77. The molecule has 0 aliphatic heterocycles. The summed E-state index contributed by atoms with van der Waals surface area (Å²) in [6, 6.07) is 2.56. The molecule has 0 unspecified atom stereocenters. The molecular weight excluding hydrogens is 308 g/mol. The maximum atomic E-state index is 12.8. The molecule has 0 amide bonds. The number of hydrogen-bond donors (Lipinski definition) is 1. The van der Waals surface area contributed by atoms with Gasteiger partial charge in [0.25, 0.3) is 5.56 Å². The fraction of sp³-hybridized carbons (Fsp3) is 0.222. The highest BCUT2D eigenvalue weighted by Gasteiger charge is 2.35. The van der Waals surface area contributed by atoms with Crippen molar-refractivity contribution in [3.05, 3.63) is 73.1 Å². The van der Waals surface area contributed by atoms with Crippen molar-refractivity contribution in [2.45, 2.75) is 27.7 Å². The van der Waals surface area contributed by atoms with Crippen LogP contribution in [0.2, 0.25) is 0 Å². The van der Waals surface area contributed by atoms with Gasteiger partial charge < -0.3 is 4.98 Å². The van der Waals surface area contributed by atoms with Crippen molar-refractivity contribution in [3.8, 4) is 0 Å². The van der Waals surface area contributed by atoms with E-state index in [1.807, 2.05) is 13.8 Å². The summed E-state index contributed by atoms with van der Waals surface area (Å²) in [5.74, 6) is -0.947. The number of ketones is 2. The Morgan fingerprint density at radius 1 is 1.00 bits per heavy atom.